The number of hydrogen-bond donors (Lipinski definition) is 1. The van der Waals surface area contributed by atoms with E-state index < -0.39 is 0 Å². The Balaban J connectivity index is 2.82. The highest BCUT2D eigenvalue weighted by Gasteiger charge is 2.20. The van der Waals surface area contributed by atoms with Crippen molar-refractivity contribution in [2.24, 2.45) is 5.92 Å². The lowest BCUT2D eigenvalue weighted by Gasteiger charge is -2.07. The van der Waals surface area contributed by atoms with Gasteiger partial charge < -0.3 is 9.73 Å². The monoisotopic (exact) mass is 224 g/mol. The molecule has 0 spiro atoms. The predicted octanol–water partition coefficient (Wildman–Crippen LogP) is 2.49. The van der Waals surface area contributed by atoms with Gasteiger partial charge in [0.05, 0.1) is 5.69 Å². The van der Waals surface area contributed by atoms with Crippen molar-refractivity contribution in [1.29, 1.82) is 0 Å². The van der Waals surface area contributed by atoms with Crippen LogP contribution in [0.15, 0.2) is 4.42 Å². The van der Waals surface area contributed by atoms with Crippen molar-refractivity contribution >= 4 is 5.91 Å². The highest BCUT2D eigenvalue weighted by molar-refractivity contribution is 5.92. The topological polar surface area (TPSA) is 55.1 Å². The molecule has 0 aliphatic heterocycles. The molecule has 0 bridgehead atoms. The van der Waals surface area contributed by atoms with Gasteiger partial charge in [-0.1, -0.05) is 27.7 Å². The predicted molar refractivity (Wildman–Crippen MR) is 62.5 cm³/mol. The van der Waals surface area contributed by atoms with Gasteiger partial charge in [-0.05, 0) is 11.8 Å². The average molecular weight is 224 g/mol. The fourth-order valence-electron chi connectivity index (χ4n) is 1.37. The zero-order valence-electron chi connectivity index (χ0n) is 10.6. The minimum atomic E-state index is -0.169. The van der Waals surface area contributed by atoms with Gasteiger partial charge in [-0.15, -0.1) is 0 Å². The van der Waals surface area contributed by atoms with Crippen LogP contribution < -0.4 is 5.32 Å². The average Bonchev–Trinajstić information content (AvgIpc) is 2.56. The van der Waals surface area contributed by atoms with Crippen molar-refractivity contribution in [3.05, 3.63) is 17.3 Å². The van der Waals surface area contributed by atoms with Crippen molar-refractivity contribution in [2.75, 3.05) is 6.54 Å². The lowest BCUT2D eigenvalue weighted by molar-refractivity contribution is 0.0918. The zero-order valence-corrected chi connectivity index (χ0v) is 10.6. The third-order valence-electron chi connectivity index (χ3n) is 2.18. The SMILES string of the molecule is Cc1nc(C(C)C)c(C(=O)NCC(C)C)o1. The summed E-state index contributed by atoms with van der Waals surface area (Å²) in [6.45, 7) is 10.5. The second kappa shape index (κ2) is 5.14. The fraction of sp³-hybridized carbons (Fsp3) is 0.667. The summed E-state index contributed by atoms with van der Waals surface area (Å²) < 4.78 is 5.35. The van der Waals surface area contributed by atoms with Crippen molar-refractivity contribution < 1.29 is 9.21 Å². The summed E-state index contributed by atoms with van der Waals surface area (Å²) in [5.41, 5.74) is 0.735. The van der Waals surface area contributed by atoms with E-state index in [1.54, 1.807) is 6.92 Å². The Hall–Kier alpha value is -1.32. The first-order valence-electron chi connectivity index (χ1n) is 5.67. The van der Waals surface area contributed by atoms with Gasteiger partial charge in [0.1, 0.15) is 0 Å². The maximum absolute atomic E-state index is 11.8. The number of aromatic nitrogens is 1. The molecule has 1 amide bonds. The fourth-order valence-corrected chi connectivity index (χ4v) is 1.37. The maximum Gasteiger partial charge on any atom is 0.289 e. The summed E-state index contributed by atoms with van der Waals surface area (Å²) >= 11 is 0. The molecule has 0 saturated heterocycles. The largest absolute Gasteiger partial charge is 0.436 e. The van der Waals surface area contributed by atoms with Gasteiger partial charge in [0, 0.05) is 13.5 Å². The van der Waals surface area contributed by atoms with E-state index in [-0.39, 0.29) is 11.8 Å². The second-order valence-corrected chi connectivity index (χ2v) is 4.71. The number of hydrogen-bond acceptors (Lipinski definition) is 3. The molecule has 1 aromatic heterocycles. The lowest BCUT2D eigenvalue weighted by Crippen LogP contribution is -2.27. The second-order valence-electron chi connectivity index (χ2n) is 4.71. The van der Waals surface area contributed by atoms with Crippen LogP contribution in [0.2, 0.25) is 0 Å². The van der Waals surface area contributed by atoms with Crippen molar-refractivity contribution in [1.82, 2.24) is 10.3 Å². The molecule has 90 valence electrons. The van der Waals surface area contributed by atoms with Crippen LogP contribution in [0.3, 0.4) is 0 Å². The maximum atomic E-state index is 11.8. The van der Waals surface area contributed by atoms with Crippen LogP contribution in [0.1, 0.15) is 55.8 Å². The van der Waals surface area contributed by atoms with Crippen LogP contribution in [-0.2, 0) is 0 Å². The molecule has 1 rings (SSSR count). The zero-order chi connectivity index (χ0) is 12.3. The molecule has 0 aromatic carbocycles. The van der Waals surface area contributed by atoms with E-state index >= 15 is 0 Å². The normalized spacial score (nSPS) is 11.2. The minimum absolute atomic E-state index is 0.169. The molecule has 0 radical (unpaired) electrons. The van der Waals surface area contributed by atoms with Gasteiger partial charge in [0.2, 0.25) is 5.76 Å². The molecule has 1 aromatic rings. The van der Waals surface area contributed by atoms with E-state index in [0.29, 0.717) is 24.1 Å². The van der Waals surface area contributed by atoms with E-state index in [1.165, 1.54) is 0 Å². The number of oxazole rings is 1. The Morgan fingerprint density at radius 3 is 2.50 bits per heavy atom. The van der Waals surface area contributed by atoms with Gasteiger partial charge in [-0.25, -0.2) is 4.98 Å². The van der Waals surface area contributed by atoms with Gasteiger partial charge >= 0.3 is 0 Å². The van der Waals surface area contributed by atoms with Crippen molar-refractivity contribution in [3.63, 3.8) is 0 Å². The Labute approximate surface area is 96.4 Å². The lowest BCUT2D eigenvalue weighted by atomic mass is 10.1. The summed E-state index contributed by atoms with van der Waals surface area (Å²) in [5.74, 6) is 1.34. The van der Waals surface area contributed by atoms with Gasteiger partial charge in [-0.2, -0.15) is 0 Å². The summed E-state index contributed by atoms with van der Waals surface area (Å²) in [4.78, 5) is 16.1. The Bertz CT molecular complexity index is 367. The van der Waals surface area contributed by atoms with Gasteiger partial charge in [-0.3, -0.25) is 4.79 Å². The molecule has 0 atom stereocenters. The van der Waals surface area contributed by atoms with E-state index in [9.17, 15) is 4.79 Å². The molecule has 4 heteroatoms. The molecule has 0 saturated carbocycles. The van der Waals surface area contributed by atoms with Crippen molar-refractivity contribution in [3.8, 4) is 0 Å². The van der Waals surface area contributed by atoms with Crippen LogP contribution in [0.5, 0.6) is 0 Å². The number of rotatable bonds is 4. The summed E-state index contributed by atoms with van der Waals surface area (Å²) in [6.07, 6.45) is 0. The minimum Gasteiger partial charge on any atom is -0.436 e. The highest BCUT2D eigenvalue weighted by Crippen LogP contribution is 2.19. The molecule has 0 aliphatic carbocycles. The van der Waals surface area contributed by atoms with Crippen LogP contribution >= 0.6 is 0 Å². The Morgan fingerprint density at radius 2 is 2.00 bits per heavy atom. The summed E-state index contributed by atoms with van der Waals surface area (Å²) in [5, 5.41) is 2.83. The number of aryl methyl sites for hydroxylation is 1. The number of carbonyl (C=O) groups is 1. The number of amides is 1. The standard InChI is InChI=1S/C12H20N2O2/c1-7(2)6-13-12(15)11-10(8(3)4)14-9(5)16-11/h7-8H,6H2,1-5H3,(H,13,15). The Kier molecular flexibility index (Phi) is 4.10. The van der Waals surface area contributed by atoms with E-state index in [4.69, 9.17) is 4.42 Å². The molecule has 16 heavy (non-hydrogen) atoms. The van der Waals surface area contributed by atoms with E-state index in [0.717, 1.165) is 5.69 Å². The highest BCUT2D eigenvalue weighted by atomic mass is 16.4. The quantitative estimate of drug-likeness (QED) is 0.854. The van der Waals surface area contributed by atoms with Crippen LogP contribution in [0.25, 0.3) is 0 Å². The molecule has 0 fully saturated rings. The molecular formula is C12H20N2O2. The number of nitrogens with zero attached hydrogens (tertiary/aromatic N) is 1. The number of nitrogens with one attached hydrogen (secondary N) is 1. The molecule has 1 N–H and O–H groups in total. The third kappa shape index (κ3) is 3.08. The molecule has 0 unspecified atom stereocenters. The van der Waals surface area contributed by atoms with Gasteiger partial charge in [0.25, 0.3) is 5.91 Å². The summed E-state index contributed by atoms with van der Waals surface area (Å²) in [7, 11) is 0. The smallest absolute Gasteiger partial charge is 0.289 e. The Morgan fingerprint density at radius 1 is 1.38 bits per heavy atom. The molecule has 4 nitrogen and oxygen atoms in total. The first-order chi connectivity index (χ1) is 7.41. The van der Waals surface area contributed by atoms with E-state index in [1.807, 2.05) is 13.8 Å². The van der Waals surface area contributed by atoms with Crippen LogP contribution in [0.4, 0.5) is 0 Å². The van der Waals surface area contributed by atoms with Crippen LogP contribution in [0, 0.1) is 12.8 Å². The molecule has 0 aliphatic rings. The number of carbonyl (C=O) groups excluding carboxylic acids is 1. The van der Waals surface area contributed by atoms with Crippen LogP contribution in [-0.4, -0.2) is 17.4 Å². The third-order valence-corrected chi connectivity index (χ3v) is 2.18. The molecular weight excluding hydrogens is 204 g/mol. The summed E-state index contributed by atoms with van der Waals surface area (Å²) in [6, 6.07) is 0. The van der Waals surface area contributed by atoms with Gasteiger partial charge in [0.15, 0.2) is 5.89 Å². The first-order valence-corrected chi connectivity index (χ1v) is 5.67. The molecule has 1 heterocycles. The van der Waals surface area contributed by atoms with Crippen molar-refractivity contribution in [2.45, 2.75) is 40.5 Å². The first kappa shape index (κ1) is 12.7. The van der Waals surface area contributed by atoms with E-state index in [2.05, 4.69) is 24.1 Å².